The molecule has 0 saturated heterocycles. The minimum Gasteiger partial charge on any atom is -0.372 e. The zero-order valence-electron chi connectivity index (χ0n) is 11.2. The molecule has 0 spiro atoms. The van der Waals surface area contributed by atoms with Crippen molar-refractivity contribution in [2.24, 2.45) is 4.99 Å². The molecule has 1 N–H and O–H groups in total. The maximum absolute atomic E-state index is 13.8. The first-order valence-electron chi connectivity index (χ1n) is 6.33. The molecule has 8 heteroatoms. The number of halogens is 2. The zero-order chi connectivity index (χ0) is 15.2. The summed E-state index contributed by atoms with van der Waals surface area (Å²) in [6.45, 7) is 1.49. The molecular formula is C13H13BrFN3O2S. The van der Waals surface area contributed by atoms with Gasteiger partial charge >= 0.3 is 0 Å². The first kappa shape index (κ1) is 14.5. The number of aromatic nitrogens is 1. The predicted molar refractivity (Wildman–Crippen MR) is 83.8 cm³/mol. The minimum atomic E-state index is -3.46. The number of nitrogens with one attached hydrogen (secondary N) is 1. The first-order valence-corrected chi connectivity index (χ1v) is 8.97. The van der Waals surface area contributed by atoms with Crippen molar-refractivity contribution in [2.75, 3.05) is 19.3 Å². The highest BCUT2D eigenvalue weighted by molar-refractivity contribution is 9.10. The summed E-state index contributed by atoms with van der Waals surface area (Å²) in [7, 11) is -3.46. The molecule has 0 unspecified atom stereocenters. The Morgan fingerprint density at radius 2 is 2.24 bits per heavy atom. The van der Waals surface area contributed by atoms with Gasteiger partial charge < -0.3 is 5.32 Å². The molecule has 0 atom stereocenters. The van der Waals surface area contributed by atoms with Gasteiger partial charge in [-0.3, -0.25) is 4.99 Å². The van der Waals surface area contributed by atoms with Gasteiger partial charge in [0.05, 0.1) is 22.8 Å². The third-order valence-corrected chi connectivity index (χ3v) is 4.98. The highest BCUT2D eigenvalue weighted by atomic mass is 79.9. The van der Waals surface area contributed by atoms with E-state index in [1.54, 1.807) is 0 Å². The van der Waals surface area contributed by atoms with E-state index in [2.05, 4.69) is 26.2 Å². The molecule has 1 aliphatic heterocycles. The van der Waals surface area contributed by atoms with E-state index >= 15 is 0 Å². The van der Waals surface area contributed by atoms with E-state index in [1.165, 1.54) is 22.3 Å². The molecule has 0 bridgehead atoms. The van der Waals surface area contributed by atoms with Crippen LogP contribution in [0, 0.1) is 5.82 Å². The van der Waals surface area contributed by atoms with Crippen LogP contribution in [0.3, 0.4) is 0 Å². The van der Waals surface area contributed by atoms with Crippen molar-refractivity contribution in [1.29, 1.82) is 0 Å². The number of hydrogen-bond donors (Lipinski definition) is 1. The molecule has 21 heavy (non-hydrogen) atoms. The Morgan fingerprint density at radius 3 is 2.86 bits per heavy atom. The normalized spacial score (nSPS) is 15.3. The highest BCUT2D eigenvalue weighted by Crippen LogP contribution is 2.29. The molecule has 3 rings (SSSR count). The number of amidine groups is 1. The standard InChI is InChI=1S/C13H13BrFN3O2S/c1-21(19,20)18-7-8(4-13-16-2-3-17-13)9-5-11(15)10(14)6-12(9)18/h5-7H,2-4H2,1H3,(H,16,17). The molecule has 0 fully saturated rings. The van der Waals surface area contributed by atoms with Crippen LogP contribution in [0.1, 0.15) is 5.56 Å². The second-order valence-electron chi connectivity index (χ2n) is 4.93. The molecule has 0 radical (unpaired) electrons. The molecule has 0 amide bonds. The van der Waals surface area contributed by atoms with E-state index in [0.29, 0.717) is 23.9 Å². The highest BCUT2D eigenvalue weighted by Gasteiger charge is 2.18. The topological polar surface area (TPSA) is 63.5 Å². The van der Waals surface area contributed by atoms with Gasteiger partial charge in [0, 0.05) is 24.5 Å². The number of fused-ring (bicyclic) bond motifs is 1. The molecule has 2 aromatic rings. The van der Waals surface area contributed by atoms with Crippen molar-refractivity contribution in [2.45, 2.75) is 6.42 Å². The largest absolute Gasteiger partial charge is 0.372 e. The Balaban J connectivity index is 2.22. The molecule has 2 heterocycles. The lowest BCUT2D eigenvalue weighted by Crippen LogP contribution is -2.20. The molecule has 0 aliphatic carbocycles. The van der Waals surface area contributed by atoms with Crippen molar-refractivity contribution in [3.8, 4) is 0 Å². The monoisotopic (exact) mass is 373 g/mol. The number of aliphatic imine (C=N–C) groups is 1. The van der Waals surface area contributed by atoms with Crippen molar-refractivity contribution in [1.82, 2.24) is 9.29 Å². The quantitative estimate of drug-likeness (QED) is 0.893. The van der Waals surface area contributed by atoms with Crippen LogP contribution in [0.25, 0.3) is 10.9 Å². The van der Waals surface area contributed by atoms with Gasteiger partial charge in [-0.05, 0) is 33.6 Å². The average molecular weight is 374 g/mol. The maximum atomic E-state index is 13.8. The Kier molecular flexibility index (Phi) is 3.53. The lowest BCUT2D eigenvalue weighted by Gasteiger charge is -2.02. The Bertz CT molecular complexity index is 858. The fourth-order valence-electron chi connectivity index (χ4n) is 2.42. The van der Waals surface area contributed by atoms with Crippen LogP contribution in [-0.2, 0) is 16.4 Å². The first-order chi connectivity index (χ1) is 9.86. The smallest absolute Gasteiger partial charge is 0.236 e. The fourth-order valence-corrected chi connectivity index (χ4v) is 3.58. The van der Waals surface area contributed by atoms with E-state index in [-0.39, 0.29) is 4.47 Å². The minimum absolute atomic E-state index is 0.237. The summed E-state index contributed by atoms with van der Waals surface area (Å²) in [6.07, 6.45) is 3.12. The fraction of sp³-hybridized carbons (Fsp3) is 0.308. The Hall–Kier alpha value is -1.41. The number of hydrogen-bond acceptors (Lipinski definition) is 4. The van der Waals surface area contributed by atoms with E-state index in [4.69, 9.17) is 0 Å². The predicted octanol–water partition coefficient (Wildman–Crippen LogP) is 1.89. The van der Waals surface area contributed by atoms with Gasteiger partial charge in [0.1, 0.15) is 11.7 Å². The summed E-state index contributed by atoms with van der Waals surface area (Å²) in [4.78, 5) is 4.29. The maximum Gasteiger partial charge on any atom is 0.236 e. The molecule has 0 saturated carbocycles. The van der Waals surface area contributed by atoms with E-state index in [1.807, 2.05) is 0 Å². The van der Waals surface area contributed by atoms with Crippen molar-refractivity contribution in [3.05, 3.63) is 34.2 Å². The van der Waals surface area contributed by atoms with Gasteiger partial charge in [-0.2, -0.15) is 0 Å². The molecule has 1 aromatic carbocycles. The zero-order valence-corrected chi connectivity index (χ0v) is 13.6. The Morgan fingerprint density at radius 1 is 1.48 bits per heavy atom. The van der Waals surface area contributed by atoms with Gasteiger partial charge in [-0.25, -0.2) is 16.8 Å². The number of rotatable bonds is 3. The van der Waals surface area contributed by atoms with Crippen LogP contribution in [-0.4, -0.2) is 37.6 Å². The van der Waals surface area contributed by atoms with Crippen LogP contribution >= 0.6 is 15.9 Å². The SMILES string of the molecule is CS(=O)(=O)n1cc(CC2=NCCN2)c2cc(F)c(Br)cc21. The average Bonchev–Trinajstić information content (AvgIpc) is 2.99. The number of nitrogens with zero attached hydrogens (tertiary/aromatic N) is 2. The molecule has 112 valence electrons. The summed E-state index contributed by atoms with van der Waals surface area (Å²) < 4.78 is 39.0. The van der Waals surface area contributed by atoms with Gasteiger partial charge in [0.25, 0.3) is 0 Å². The summed E-state index contributed by atoms with van der Waals surface area (Å²) in [5, 5.41) is 3.71. The molecular weight excluding hydrogens is 361 g/mol. The van der Waals surface area contributed by atoms with Crippen molar-refractivity contribution < 1.29 is 12.8 Å². The van der Waals surface area contributed by atoms with Crippen LogP contribution in [0.2, 0.25) is 0 Å². The second-order valence-corrected chi connectivity index (χ2v) is 7.64. The van der Waals surface area contributed by atoms with Crippen molar-refractivity contribution in [3.63, 3.8) is 0 Å². The van der Waals surface area contributed by atoms with E-state index in [0.717, 1.165) is 24.2 Å². The Labute approximate surface area is 130 Å². The van der Waals surface area contributed by atoms with Crippen LogP contribution < -0.4 is 5.32 Å². The van der Waals surface area contributed by atoms with E-state index < -0.39 is 15.8 Å². The molecule has 5 nitrogen and oxygen atoms in total. The van der Waals surface area contributed by atoms with Gasteiger partial charge in [0.15, 0.2) is 0 Å². The second kappa shape index (κ2) is 5.10. The molecule has 1 aromatic heterocycles. The van der Waals surface area contributed by atoms with Gasteiger partial charge in [-0.1, -0.05) is 0 Å². The van der Waals surface area contributed by atoms with Gasteiger partial charge in [-0.15, -0.1) is 0 Å². The van der Waals surface area contributed by atoms with Crippen LogP contribution in [0.5, 0.6) is 0 Å². The van der Waals surface area contributed by atoms with E-state index in [9.17, 15) is 12.8 Å². The van der Waals surface area contributed by atoms with Crippen LogP contribution in [0.4, 0.5) is 4.39 Å². The number of benzene rings is 1. The van der Waals surface area contributed by atoms with Crippen LogP contribution in [0.15, 0.2) is 27.8 Å². The summed E-state index contributed by atoms with van der Waals surface area (Å²) in [5.41, 5.74) is 1.19. The summed E-state index contributed by atoms with van der Waals surface area (Å²) in [6, 6.07) is 2.84. The van der Waals surface area contributed by atoms with Crippen molar-refractivity contribution >= 4 is 42.7 Å². The summed E-state index contributed by atoms with van der Waals surface area (Å²) >= 11 is 3.10. The van der Waals surface area contributed by atoms with Gasteiger partial charge in [0.2, 0.25) is 10.0 Å². The lowest BCUT2D eigenvalue weighted by molar-refractivity contribution is 0.595. The summed E-state index contributed by atoms with van der Waals surface area (Å²) in [5.74, 6) is 0.377. The third-order valence-electron chi connectivity index (χ3n) is 3.35. The molecule has 1 aliphatic rings. The third kappa shape index (κ3) is 2.69. The lowest BCUT2D eigenvalue weighted by atomic mass is 10.1.